The Balaban J connectivity index is 1.42. The number of aliphatic hydroxyl groups excluding tert-OH is 1. The number of morpholine rings is 1. The van der Waals surface area contributed by atoms with E-state index in [2.05, 4.69) is 20.4 Å². The van der Waals surface area contributed by atoms with Crippen molar-refractivity contribution in [3.05, 3.63) is 81.2 Å². The van der Waals surface area contributed by atoms with Gasteiger partial charge in [-0.25, -0.2) is 0 Å². The monoisotopic (exact) mass is 559 g/mol. The molecule has 2 amide bonds. The van der Waals surface area contributed by atoms with Crippen LogP contribution in [0.5, 0.6) is 0 Å². The number of H-pyrrole nitrogens is 1. The third kappa shape index (κ3) is 6.48. The molecule has 0 aliphatic carbocycles. The number of hydrogen-bond donors (Lipinski definition) is 3. The SMILES string of the molecule is Cc1ccsc1C(=O)Nc1cc(C(=O)N(CCO)CCN2CCOCC2)ccc1/C=C/c1n[nH]c2ccccc12. The summed E-state index contributed by atoms with van der Waals surface area (Å²) in [6, 6.07) is 15.1. The number of carbonyl (C=O) groups is 2. The van der Waals surface area contributed by atoms with E-state index in [4.69, 9.17) is 4.74 Å². The predicted octanol–water partition coefficient (Wildman–Crippen LogP) is 4.12. The lowest BCUT2D eigenvalue weighted by Crippen LogP contribution is -2.43. The van der Waals surface area contributed by atoms with Gasteiger partial charge in [-0.1, -0.05) is 30.3 Å². The number of rotatable bonds is 10. The van der Waals surface area contributed by atoms with Crippen molar-refractivity contribution >= 4 is 51.9 Å². The fourth-order valence-electron chi connectivity index (χ4n) is 4.71. The Morgan fingerprint density at radius 2 is 1.98 bits per heavy atom. The number of aromatic amines is 1. The van der Waals surface area contributed by atoms with Crippen LogP contribution in [0.15, 0.2) is 53.9 Å². The average Bonchev–Trinajstić information content (AvgIpc) is 3.60. The van der Waals surface area contributed by atoms with Crippen molar-refractivity contribution in [3.8, 4) is 0 Å². The summed E-state index contributed by atoms with van der Waals surface area (Å²) in [5.41, 5.74) is 4.32. The molecule has 4 aromatic rings. The van der Waals surface area contributed by atoms with E-state index in [1.54, 1.807) is 17.0 Å². The maximum absolute atomic E-state index is 13.6. The fourth-order valence-corrected chi connectivity index (χ4v) is 5.53. The van der Waals surface area contributed by atoms with Gasteiger partial charge in [-0.3, -0.25) is 19.6 Å². The Morgan fingerprint density at radius 3 is 2.75 bits per heavy atom. The molecule has 9 nitrogen and oxygen atoms in total. The molecule has 0 atom stereocenters. The molecule has 3 N–H and O–H groups in total. The molecule has 0 bridgehead atoms. The lowest BCUT2D eigenvalue weighted by Gasteiger charge is -2.30. The van der Waals surface area contributed by atoms with Gasteiger partial charge in [0.2, 0.25) is 0 Å². The molecule has 0 radical (unpaired) electrons. The van der Waals surface area contributed by atoms with E-state index in [9.17, 15) is 14.7 Å². The van der Waals surface area contributed by atoms with Crippen molar-refractivity contribution in [2.75, 3.05) is 57.9 Å². The molecule has 40 heavy (non-hydrogen) atoms. The lowest BCUT2D eigenvalue weighted by atomic mass is 10.1. The number of thiophene rings is 1. The molecule has 208 valence electrons. The van der Waals surface area contributed by atoms with Gasteiger partial charge in [0.15, 0.2) is 0 Å². The largest absolute Gasteiger partial charge is 0.395 e. The zero-order valence-electron chi connectivity index (χ0n) is 22.4. The molecular formula is C30H33N5O4S. The summed E-state index contributed by atoms with van der Waals surface area (Å²) in [6.07, 6.45) is 3.78. The van der Waals surface area contributed by atoms with E-state index in [-0.39, 0.29) is 25.0 Å². The number of fused-ring (bicyclic) bond motifs is 1. The van der Waals surface area contributed by atoms with Crippen LogP contribution in [0.25, 0.3) is 23.1 Å². The van der Waals surface area contributed by atoms with E-state index < -0.39 is 0 Å². The summed E-state index contributed by atoms with van der Waals surface area (Å²) < 4.78 is 5.42. The fraction of sp³-hybridized carbons (Fsp3) is 0.300. The number of aromatic nitrogens is 2. The molecule has 0 unspecified atom stereocenters. The van der Waals surface area contributed by atoms with Crippen LogP contribution in [-0.2, 0) is 4.74 Å². The second kappa shape index (κ2) is 13.0. The Labute approximate surface area is 237 Å². The number of para-hydroxylation sites is 1. The van der Waals surface area contributed by atoms with Crippen molar-refractivity contribution in [3.63, 3.8) is 0 Å². The highest BCUT2D eigenvalue weighted by molar-refractivity contribution is 7.12. The summed E-state index contributed by atoms with van der Waals surface area (Å²) in [5, 5.41) is 23.0. The highest BCUT2D eigenvalue weighted by Gasteiger charge is 2.20. The minimum absolute atomic E-state index is 0.130. The van der Waals surface area contributed by atoms with Crippen molar-refractivity contribution in [2.45, 2.75) is 6.92 Å². The number of anilines is 1. The van der Waals surface area contributed by atoms with Crippen molar-refractivity contribution < 1.29 is 19.4 Å². The van der Waals surface area contributed by atoms with E-state index in [1.807, 2.05) is 60.9 Å². The predicted molar refractivity (Wildman–Crippen MR) is 159 cm³/mol. The molecule has 0 spiro atoms. The standard InChI is InChI=1S/C30H33N5O4S/c1-21-10-19-40-28(21)29(37)31-27-20-23(30(38)35(13-16-36)12-11-34-14-17-39-18-15-34)7-6-22(27)8-9-26-24-4-2-3-5-25(24)32-33-26/h2-10,19-20,36H,11-18H2,1H3,(H,31,37)(H,32,33)/b9-8+. The number of benzene rings is 2. The normalized spacial score (nSPS) is 14.2. The summed E-state index contributed by atoms with van der Waals surface area (Å²) in [7, 11) is 0. The van der Waals surface area contributed by atoms with E-state index in [0.717, 1.165) is 40.8 Å². The topological polar surface area (TPSA) is 111 Å². The highest BCUT2D eigenvalue weighted by atomic mass is 32.1. The van der Waals surface area contributed by atoms with Gasteiger partial charge >= 0.3 is 0 Å². The summed E-state index contributed by atoms with van der Waals surface area (Å²) >= 11 is 1.38. The van der Waals surface area contributed by atoms with Crippen LogP contribution in [0.2, 0.25) is 0 Å². The molecule has 1 aliphatic rings. The van der Waals surface area contributed by atoms with E-state index in [1.165, 1.54) is 11.3 Å². The quantitative estimate of drug-likeness (QED) is 0.270. The van der Waals surface area contributed by atoms with Crippen LogP contribution in [0.1, 0.15) is 36.9 Å². The third-order valence-corrected chi connectivity index (χ3v) is 8.00. The van der Waals surface area contributed by atoms with E-state index in [0.29, 0.717) is 42.4 Å². The molecule has 1 saturated heterocycles. The first-order valence-corrected chi connectivity index (χ1v) is 14.2. The molecule has 3 heterocycles. The summed E-state index contributed by atoms with van der Waals surface area (Å²) in [4.78, 5) is 31.3. The van der Waals surface area contributed by atoms with Crippen molar-refractivity contribution in [1.82, 2.24) is 20.0 Å². The lowest BCUT2D eigenvalue weighted by molar-refractivity contribution is 0.0315. The van der Waals surface area contributed by atoms with Gasteiger partial charge in [0.1, 0.15) is 0 Å². The molecule has 0 saturated carbocycles. The number of carbonyl (C=O) groups excluding carboxylic acids is 2. The molecule has 1 fully saturated rings. The minimum Gasteiger partial charge on any atom is -0.395 e. The van der Waals surface area contributed by atoms with Gasteiger partial charge in [0, 0.05) is 49.4 Å². The molecular weight excluding hydrogens is 526 g/mol. The number of aryl methyl sites for hydroxylation is 1. The zero-order valence-corrected chi connectivity index (χ0v) is 23.2. The summed E-state index contributed by atoms with van der Waals surface area (Å²) in [6.45, 7) is 6.21. The first-order valence-electron chi connectivity index (χ1n) is 13.3. The maximum atomic E-state index is 13.6. The number of aliphatic hydroxyl groups is 1. The molecule has 10 heteroatoms. The van der Waals surface area contributed by atoms with Crippen LogP contribution < -0.4 is 5.32 Å². The number of nitrogens with zero attached hydrogens (tertiary/aromatic N) is 3. The van der Waals surface area contributed by atoms with Gasteiger partial charge < -0.3 is 20.1 Å². The van der Waals surface area contributed by atoms with E-state index >= 15 is 0 Å². The second-order valence-corrected chi connectivity index (χ2v) is 10.6. The van der Waals surface area contributed by atoms with Gasteiger partial charge in [-0.2, -0.15) is 5.10 Å². The zero-order chi connectivity index (χ0) is 27.9. The number of hydrogen-bond acceptors (Lipinski definition) is 7. The highest BCUT2D eigenvalue weighted by Crippen LogP contribution is 2.25. The van der Waals surface area contributed by atoms with Gasteiger partial charge in [-0.15, -0.1) is 11.3 Å². The van der Waals surface area contributed by atoms with Crippen LogP contribution >= 0.6 is 11.3 Å². The van der Waals surface area contributed by atoms with Crippen molar-refractivity contribution in [1.29, 1.82) is 0 Å². The van der Waals surface area contributed by atoms with Gasteiger partial charge in [0.05, 0.1) is 35.9 Å². The van der Waals surface area contributed by atoms with Crippen molar-refractivity contribution in [2.24, 2.45) is 0 Å². The smallest absolute Gasteiger partial charge is 0.266 e. The van der Waals surface area contributed by atoms with Crippen LogP contribution in [-0.4, -0.2) is 89.5 Å². The van der Waals surface area contributed by atoms with Crippen LogP contribution in [0.4, 0.5) is 5.69 Å². The molecule has 2 aromatic heterocycles. The Hall–Kier alpha value is -3.83. The number of nitrogens with one attached hydrogen (secondary N) is 2. The average molecular weight is 560 g/mol. The summed E-state index contributed by atoms with van der Waals surface area (Å²) in [5.74, 6) is -0.421. The minimum atomic E-state index is -0.225. The first-order chi connectivity index (χ1) is 19.5. The van der Waals surface area contributed by atoms with Gasteiger partial charge in [0.25, 0.3) is 11.8 Å². The Kier molecular flexibility index (Phi) is 9.02. The Morgan fingerprint density at radius 1 is 1.15 bits per heavy atom. The molecule has 2 aromatic carbocycles. The number of ether oxygens (including phenoxy) is 1. The van der Waals surface area contributed by atoms with Crippen LogP contribution in [0, 0.1) is 6.92 Å². The first kappa shape index (κ1) is 27.7. The Bertz CT molecular complexity index is 1500. The van der Waals surface area contributed by atoms with Crippen LogP contribution in [0.3, 0.4) is 0 Å². The second-order valence-electron chi connectivity index (χ2n) is 9.65. The molecule has 1 aliphatic heterocycles. The maximum Gasteiger partial charge on any atom is 0.266 e. The molecule has 5 rings (SSSR count). The third-order valence-electron chi connectivity index (χ3n) is 6.98. The number of amides is 2. The van der Waals surface area contributed by atoms with Gasteiger partial charge in [-0.05, 0) is 53.8 Å².